The van der Waals surface area contributed by atoms with Crippen LogP contribution in [0.5, 0.6) is 0 Å². The zero-order valence-corrected chi connectivity index (χ0v) is 15.9. The average molecular weight is 404 g/mol. The number of carbonyl (C=O) groups excluding carboxylic acids is 1. The molecule has 0 radical (unpaired) electrons. The quantitative estimate of drug-likeness (QED) is 0.643. The number of carboxylic acid groups (broad SMARTS) is 1. The van der Waals surface area contributed by atoms with Gasteiger partial charge in [-0.2, -0.15) is 0 Å². The van der Waals surface area contributed by atoms with Crippen molar-refractivity contribution in [3.05, 3.63) is 59.7 Å². The molecule has 0 heterocycles. The Kier molecular flexibility index (Phi) is 5.66. The predicted octanol–water partition coefficient (Wildman–Crippen LogP) is 1.53. The van der Waals surface area contributed by atoms with Crippen LogP contribution in [0.2, 0.25) is 0 Å². The molecule has 0 spiro atoms. The van der Waals surface area contributed by atoms with Gasteiger partial charge in [-0.1, -0.05) is 48.5 Å². The number of rotatable bonds is 7. The SMILES string of the molecule is CS(=O)(=O)NCC(NC(=O)OCC1c2ccccc2-c2ccccc21)C(=O)O. The second-order valence-corrected chi connectivity index (χ2v) is 8.31. The molecule has 0 bridgehead atoms. The number of benzene rings is 2. The average Bonchev–Trinajstić information content (AvgIpc) is 2.96. The van der Waals surface area contributed by atoms with Crippen LogP contribution in [0, 0.1) is 0 Å². The number of carboxylic acids is 1. The molecule has 8 nitrogen and oxygen atoms in total. The van der Waals surface area contributed by atoms with E-state index in [2.05, 4.69) is 10.0 Å². The third-order valence-corrected chi connectivity index (χ3v) is 5.17. The minimum atomic E-state index is -3.59. The third-order valence-electron chi connectivity index (χ3n) is 4.48. The molecule has 1 aliphatic carbocycles. The van der Waals surface area contributed by atoms with Gasteiger partial charge in [-0.25, -0.2) is 22.7 Å². The van der Waals surface area contributed by atoms with E-state index in [0.29, 0.717) is 0 Å². The fraction of sp³-hybridized carbons (Fsp3) is 0.263. The molecule has 9 heteroatoms. The number of alkyl carbamates (subject to hydrolysis) is 1. The van der Waals surface area contributed by atoms with Crippen LogP contribution in [-0.2, 0) is 19.6 Å². The van der Waals surface area contributed by atoms with Crippen molar-refractivity contribution >= 4 is 22.1 Å². The van der Waals surface area contributed by atoms with E-state index in [4.69, 9.17) is 9.84 Å². The van der Waals surface area contributed by atoms with Crippen molar-refractivity contribution in [1.82, 2.24) is 10.0 Å². The maximum Gasteiger partial charge on any atom is 0.407 e. The highest BCUT2D eigenvalue weighted by Gasteiger charge is 2.29. The number of sulfonamides is 1. The summed E-state index contributed by atoms with van der Waals surface area (Å²) in [4.78, 5) is 23.3. The Bertz CT molecular complexity index is 959. The summed E-state index contributed by atoms with van der Waals surface area (Å²) in [6.07, 6.45) is -0.0243. The molecule has 0 saturated carbocycles. The van der Waals surface area contributed by atoms with Gasteiger partial charge in [-0.3, -0.25) is 0 Å². The standard InChI is InChI=1S/C19H20N2O6S/c1-28(25,26)20-10-17(18(22)23)21-19(24)27-11-16-14-8-4-2-6-12(14)13-7-3-5-9-15(13)16/h2-9,16-17,20H,10-11H2,1H3,(H,21,24)(H,22,23). The molecular formula is C19H20N2O6S. The molecular weight excluding hydrogens is 384 g/mol. The van der Waals surface area contributed by atoms with E-state index in [1.165, 1.54) is 0 Å². The minimum Gasteiger partial charge on any atom is -0.480 e. The van der Waals surface area contributed by atoms with Gasteiger partial charge in [0.2, 0.25) is 10.0 Å². The van der Waals surface area contributed by atoms with Gasteiger partial charge in [-0.05, 0) is 22.3 Å². The minimum absolute atomic E-state index is 0.0334. The summed E-state index contributed by atoms with van der Waals surface area (Å²) >= 11 is 0. The summed E-state index contributed by atoms with van der Waals surface area (Å²) in [5.41, 5.74) is 4.22. The molecule has 3 N–H and O–H groups in total. The number of nitrogens with one attached hydrogen (secondary N) is 2. The Labute approximate surface area is 162 Å². The predicted molar refractivity (Wildman–Crippen MR) is 102 cm³/mol. The normalized spacial score (nSPS) is 14.0. The van der Waals surface area contributed by atoms with Gasteiger partial charge in [0.1, 0.15) is 12.6 Å². The van der Waals surface area contributed by atoms with Crippen LogP contribution in [0.4, 0.5) is 4.79 Å². The Morgan fingerprint density at radius 3 is 2.11 bits per heavy atom. The highest BCUT2D eigenvalue weighted by atomic mass is 32.2. The Morgan fingerprint density at radius 2 is 1.61 bits per heavy atom. The lowest BCUT2D eigenvalue weighted by Gasteiger charge is -2.17. The van der Waals surface area contributed by atoms with Crippen molar-refractivity contribution in [2.75, 3.05) is 19.4 Å². The lowest BCUT2D eigenvalue weighted by Crippen LogP contribution is -2.48. The van der Waals surface area contributed by atoms with E-state index in [9.17, 15) is 18.0 Å². The van der Waals surface area contributed by atoms with E-state index < -0.39 is 34.7 Å². The van der Waals surface area contributed by atoms with Crippen molar-refractivity contribution in [2.24, 2.45) is 0 Å². The number of ether oxygens (including phenoxy) is 1. The summed E-state index contributed by atoms with van der Waals surface area (Å²) in [5, 5.41) is 11.3. The maximum absolute atomic E-state index is 12.1. The first-order chi connectivity index (χ1) is 13.3. The van der Waals surface area contributed by atoms with Gasteiger partial charge in [0.25, 0.3) is 0 Å². The summed E-state index contributed by atoms with van der Waals surface area (Å²) in [7, 11) is -3.59. The molecule has 148 valence electrons. The molecule has 0 aromatic heterocycles. The molecule has 0 saturated heterocycles. The fourth-order valence-electron chi connectivity index (χ4n) is 3.22. The molecule has 2 aromatic rings. The Balaban J connectivity index is 1.66. The van der Waals surface area contributed by atoms with Crippen LogP contribution < -0.4 is 10.0 Å². The maximum atomic E-state index is 12.1. The van der Waals surface area contributed by atoms with Gasteiger partial charge in [0.05, 0.1) is 6.26 Å². The van der Waals surface area contributed by atoms with E-state index in [-0.39, 0.29) is 12.5 Å². The number of carbonyl (C=O) groups is 2. The van der Waals surface area contributed by atoms with Gasteiger partial charge in [0, 0.05) is 12.5 Å². The van der Waals surface area contributed by atoms with Crippen molar-refractivity contribution < 1.29 is 27.9 Å². The lowest BCUT2D eigenvalue weighted by atomic mass is 9.98. The van der Waals surface area contributed by atoms with E-state index in [1.54, 1.807) is 0 Å². The summed E-state index contributed by atoms with van der Waals surface area (Å²) in [6, 6.07) is 14.2. The van der Waals surface area contributed by atoms with Crippen LogP contribution in [-0.4, -0.2) is 51.0 Å². The van der Waals surface area contributed by atoms with E-state index in [0.717, 1.165) is 28.5 Å². The van der Waals surface area contributed by atoms with Gasteiger partial charge in [0.15, 0.2) is 0 Å². The smallest absolute Gasteiger partial charge is 0.407 e. The van der Waals surface area contributed by atoms with Crippen molar-refractivity contribution in [1.29, 1.82) is 0 Å². The first-order valence-corrected chi connectivity index (χ1v) is 10.4. The number of aliphatic carboxylic acids is 1. The van der Waals surface area contributed by atoms with Gasteiger partial charge in [-0.15, -0.1) is 0 Å². The van der Waals surface area contributed by atoms with Crippen molar-refractivity contribution in [3.8, 4) is 11.1 Å². The van der Waals surface area contributed by atoms with Gasteiger partial charge >= 0.3 is 12.1 Å². The van der Waals surface area contributed by atoms with Crippen LogP contribution in [0.15, 0.2) is 48.5 Å². The fourth-order valence-corrected chi connectivity index (χ4v) is 3.69. The Hall–Kier alpha value is -2.91. The molecule has 0 aliphatic heterocycles. The van der Waals surface area contributed by atoms with Crippen molar-refractivity contribution in [2.45, 2.75) is 12.0 Å². The topological polar surface area (TPSA) is 122 Å². The molecule has 1 amide bonds. The van der Waals surface area contributed by atoms with Crippen LogP contribution in [0.1, 0.15) is 17.0 Å². The number of hydrogen-bond donors (Lipinski definition) is 3. The molecule has 0 fully saturated rings. The summed E-state index contributed by atoms with van der Waals surface area (Å²) < 4.78 is 29.6. The lowest BCUT2D eigenvalue weighted by molar-refractivity contribution is -0.139. The highest BCUT2D eigenvalue weighted by Crippen LogP contribution is 2.44. The van der Waals surface area contributed by atoms with Crippen molar-refractivity contribution in [3.63, 3.8) is 0 Å². The number of hydrogen-bond acceptors (Lipinski definition) is 5. The third kappa shape index (κ3) is 4.49. The van der Waals surface area contributed by atoms with Crippen LogP contribution >= 0.6 is 0 Å². The molecule has 1 atom stereocenters. The van der Waals surface area contributed by atoms with E-state index >= 15 is 0 Å². The molecule has 1 aliphatic rings. The summed E-state index contributed by atoms with van der Waals surface area (Å²) in [6.45, 7) is -0.440. The second kappa shape index (κ2) is 7.99. The highest BCUT2D eigenvalue weighted by molar-refractivity contribution is 7.88. The first kappa shape index (κ1) is 19.8. The van der Waals surface area contributed by atoms with E-state index in [1.807, 2.05) is 48.5 Å². The molecule has 2 aromatic carbocycles. The monoisotopic (exact) mass is 404 g/mol. The Morgan fingerprint density at radius 1 is 1.07 bits per heavy atom. The molecule has 3 rings (SSSR count). The molecule has 1 unspecified atom stereocenters. The van der Waals surface area contributed by atoms with Crippen LogP contribution in [0.3, 0.4) is 0 Å². The zero-order valence-electron chi connectivity index (χ0n) is 15.1. The largest absolute Gasteiger partial charge is 0.480 e. The van der Waals surface area contributed by atoms with Gasteiger partial charge < -0.3 is 15.2 Å². The number of fused-ring (bicyclic) bond motifs is 3. The number of amides is 1. The second-order valence-electron chi connectivity index (χ2n) is 6.48. The molecule has 28 heavy (non-hydrogen) atoms. The van der Waals surface area contributed by atoms with Crippen LogP contribution in [0.25, 0.3) is 11.1 Å². The first-order valence-electron chi connectivity index (χ1n) is 8.55. The summed E-state index contributed by atoms with van der Waals surface area (Å²) in [5.74, 6) is -1.53. The zero-order chi connectivity index (χ0) is 20.3.